The van der Waals surface area contributed by atoms with Crippen LogP contribution in [-0.4, -0.2) is 16.6 Å². The number of nitrogens with zero attached hydrogens (tertiary/aromatic N) is 1. The number of rotatable bonds is 2. The highest BCUT2D eigenvalue weighted by Gasteiger charge is 2.32. The molecule has 0 aliphatic heterocycles. The Morgan fingerprint density at radius 1 is 1.44 bits per heavy atom. The van der Waals surface area contributed by atoms with E-state index in [2.05, 4.69) is 4.98 Å². The van der Waals surface area contributed by atoms with Crippen LogP contribution in [0.15, 0.2) is 24.4 Å². The van der Waals surface area contributed by atoms with Crippen molar-refractivity contribution >= 4 is 11.6 Å². The van der Waals surface area contributed by atoms with E-state index in [4.69, 9.17) is 0 Å². The molecule has 0 aromatic carbocycles. The first-order chi connectivity index (χ1) is 7.68. The van der Waals surface area contributed by atoms with Crippen LogP contribution in [0.4, 0.5) is 0 Å². The van der Waals surface area contributed by atoms with Crippen molar-refractivity contribution in [2.24, 2.45) is 5.92 Å². The van der Waals surface area contributed by atoms with E-state index < -0.39 is 5.92 Å². The van der Waals surface area contributed by atoms with Gasteiger partial charge in [-0.15, -0.1) is 0 Å². The maximum absolute atomic E-state index is 11.6. The van der Waals surface area contributed by atoms with Gasteiger partial charge < -0.3 is 0 Å². The Morgan fingerprint density at radius 3 is 2.88 bits per heavy atom. The fourth-order valence-electron chi connectivity index (χ4n) is 2.30. The minimum Gasteiger partial charge on any atom is -0.299 e. The average Bonchev–Trinajstić information content (AvgIpc) is 2.30. The molecule has 2 rings (SSSR count). The first-order valence-corrected chi connectivity index (χ1v) is 5.62. The largest absolute Gasteiger partial charge is 0.299 e. The summed E-state index contributed by atoms with van der Waals surface area (Å²) in [4.78, 5) is 27.2. The van der Waals surface area contributed by atoms with Gasteiger partial charge in [-0.25, -0.2) is 0 Å². The first kappa shape index (κ1) is 11.0. The van der Waals surface area contributed by atoms with Crippen molar-refractivity contribution in [3.63, 3.8) is 0 Å². The van der Waals surface area contributed by atoms with E-state index in [9.17, 15) is 9.59 Å². The first-order valence-electron chi connectivity index (χ1n) is 5.62. The van der Waals surface area contributed by atoms with E-state index in [0.717, 1.165) is 12.1 Å². The highest BCUT2D eigenvalue weighted by molar-refractivity contribution is 6.01. The molecule has 0 unspecified atom stereocenters. The van der Waals surface area contributed by atoms with Crippen LogP contribution in [0.3, 0.4) is 0 Å². The molecule has 0 bridgehead atoms. The van der Waals surface area contributed by atoms with Gasteiger partial charge in [-0.1, -0.05) is 6.07 Å². The Labute approximate surface area is 94.9 Å². The van der Waals surface area contributed by atoms with Crippen molar-refractivity contribution < 1.29 is 9.59 Å². The van der Waals surface area contributed by atoms with Gasteiger partial charge >= 0.3 is 0 Å². The second-order valence-electron chi connectivity index (χ2n) is 4.36. The van der Waals surface area contributed by atoms with E-state index in [0.29, 0.717) is 12.8 Å². The fraction of sp³-hybridized carbons (Fsp3) is 0.462. The molecule has 1 heterocycles. The minimum atomic E-state index is -0.402. The SMILES string of the molecule is CC(=O)[C@H]1C[C@@H](c2ccccn2)CCC1=O. The van der Waals surface area contributed by atoms with Gasteiger partial charge in [0.15, 0.2) is 0 Å². The normalized spacial score (nSPS) is 25.4. The standard InChI is InChI=1S/C13H15NO2/c1-9(15)11-8-10(5-6-13(11)16)12-4-2-3-7-14-12/h2-4,7,10-11H,5-6,8H2,1H3/t10-,11+/m0/s1. The molecule has 16 heavy (non-hydrogen) atoms. The van der Waals surface area contributed by atoms with Crippen LogP contribution < -0.4 is 0 Å². The quantitative estimate of drug-likeness (QED) is 0.713. The lowest BCUT2D eigenvalue weighted by molar-refractivity contribution is -0.133. The van der Waals surface area contributed by atoms with Gasteiger partial charge in [-0.05, 0) is 31.9 Å². The Balaban J connectivity index is 2.15. The maximum Gasteiger partial charge on any atom is 0.143 e. The van der Waals surface area contributed by atoms with E-state index in [1.807, 2.05) is 18.2 Å². The topological polar surface area (TPSA) is 47.0 Å². The Kier molecular flexibility index (Phi) is 3.13. The van der Waals surface area contributed by atoms with Crippen LogP contribution in [-0.2, 0) is 9.59 Å². The van der Waals surface area contributed by atoms with Gasteiger partial charge in [-0.2, -0.15) is 0 Å². The van der Waals surface area contributed by atoms with Gasteiger partial charge in [0.25, 0.3) is 0 Å². The molecule has 1 fully saturated rings. The molecule has 1 aliphatic rings. The monoisotopic (exact) mass is 217 g/mol. The Hall–Kier alpha value is -1.51. The summed E-state index contributed by atoms with van der Waals surface area (Å²) < 4.78 is 0. The highest BCUT2D eigenvalue weighted by Crippen LogP contribution is 2.33. The van der Waals surface area contributed by atoms with Crippen molar-refractivity contribution in [1.82, 2.24) is 4.98 Å². The number of ketones is 2. The summed E-state index contributed by atoms with van der Waals surface area (Å²) in [6.45, 7) is 1.50. The molecule has 2 atom stereocenters. The fourth-order valence-corrected chi connectivity index (χ4v) is 2.30. The highest BCUT2D eigenvalue weighted by atomic mass is 16.1. The molecule has 0 saturated heterocycles. The summed E-state index contributed by atoms with van der Waals surface area (Å²) in [6.07, 6.45) is 3.71. The van der Waals surface area contributed by atoms with Crippen molar-refractivity contribution in [1.29, 1.82) is 0 Å². The summed E-state index contributed by atoms with van der Waals surface area (Å²) in [5.74, 6) is -0.0566. The number of hydrogen-bond donors (Lipinski definition) is 0. The molecule has 0 amide bonds. The molecule has 1 saturated carbocycles. The van der Waals surface area contributed by atoms with Gasteiger partial charge in [0.1, 0.15) is 11.6 Å². The lowest BCUT2D eigenvalue weighted by Crippen LogP contribution is -2.29. The van der Waals surface area contributed by atoms with Gasteiger partial charge in [-0.3, -0.25) is 14.6 Å². The number of carbonyl (C=O) groups excluding carboxylic acids is 2. The molecule has 1 aromatic rings. The predicted octanol–water partition coefficient (Wildman–Crippen LogP) is 2.12. The second-order valence-corrected chi connectivity index (χ2v) is 4.36. The number of Topliss-reactive ketones (excluding diaryl/α,β-unsaturated/α-hetero) is 2. The summed E-state index contributed by atoms with van der Waals surface area (Å²) in [6, 6.07) is 5.79. The van der Waals surface area contributed by atoms with Crippen molar-refractivity contribution in [2.45, 2.75) is 32.1 Å². The molecule has 0 N–H and O–H groups in total. The van der Waals surface area contributed by atoms with Crippen LogP contribution in [0, 0.1) is 5.92 Å². The molecule has 1 aromatic heterocycles. The van der Waals surface area contributed by atoms with Crippen LogP contribution in [0.2, 0.25) is 0 Å². The lowest BCUT2D eigenvalue weighted by atomic mass is 9.77. The minimum absolute atomic E-state index is 0.00867. The zero-order valence-electron chi connectivity index (χ0n) is 9.35. The molecule has 84 valence electrons. The predicted molar refractivity (Wildman–Crippen MR) is 60.0 cm³/mol. The summed E-state index contributed by atoms with van der Waals surface area (Å²) in [5, 5.41) is 0. The molecular formula is C13H15NO2. The van der Waals surface area contributed by atoms with Crippen molar-refractivity contribution in [3.8, 4) is 0 Å². The zero-order valence-corrected chi connectivity index (χ0v) is 9.35. The van der Waals surface area contributed by atoms with Crippen molar-refractivity contribution in [2.75, 3.05) is 0 Å². The maximum atomic E-state index is 11.6. The van der Waals surface area contributed by atoms with Crippen LogP contribution in [0.5, 0.6) is 0 Å². The third-order valence-electron chi connectivity index (χ3n) is 3.24. The Morgan fingerprint density at radius 2 is 2.25 bits per heavy atom. The number of aromatic nitrogens is 1. The molecule has 0 radical (unpaired) electrons. The van der Waals surface area contributed by atoms with Crippen LogP contribution >= 0.6 is 0 Å². The van der Waals surface area contributed by atoms with Gasteiger partial charge in [0.05, 0.1) is 5.92 Å². The second kappa shape index (κ2) is 4.56. The van der Waals surface area contributed by atoms with E-state index in [1.165, 1.54) is 6.92 Å². The van der Waals surface area contributed by atoms with Gasteiger partial charge in [0.2, 0.25) is 0 Å². The molecule has 3 nitrogen and oxygen atoms in total. The number of pyridine rings is 1. The van der Waals surface area contributed by atoms with Crippen LogP contribution in [0.25, 0.3) is 0 Å². The zero-order chi connectivity index (χ0) is 11.5. The third kappa shape index (κ3) is 2.18. The number of hydrogen-bond acceptors (Lipinski definition) is 3. The molecular weight excluding hydrogens is 202 g/mol. The summed E-state index contributed by atoms with van der Waals surface area (Å²) in [5.41, 5.74) is 1.00. The van der Waals surface area contributed by atoms with Crippen LogP contribution in [0.1, 0.15) is 37.8 Å². The lowest BCUT2D eigenvalue weighted by Gasteiger charge is -2.26. The average molecular weight is 217 g/mol. The Bertz CT molecular complexity index is 400. The van der Waals surface area contributed by atoms with Gasteiger partial charge in [0, 0.05) is 24.2 Å². The van der Waals surface area contributed by atoms with E-state index >= 15 is 0 Å². The summed E-state index contributed by atoms with van der Waals surface area (Å²) >= 11 is 0. The molecule has 3 heteroatoms. The molecule has 1 aliphatic carbocycles. The summed E-state index contributed by atoms with van der Waals surface area (Å²) in [7, 11) is 0. The smallest absolute Gasteiger partial charge is 0.143 e. The third-order valence-corrected chi connectivity index (χ3v) is 3.24. The van der Waals surface area contributed by atoms with Crippen molar-refractivity contribution in [3.05, 3.63) is 30.1 Å². The molecule has 0 spiro atoms. The van der Waals surface area contributed by atoms with E-state index in [1.54, 1.807) is 6.20 Å². The number of carbonyl (C=O) groups is 2. The van der Waals surface area contributed by atoms with E-state index in [-0.39, 0.29) is 17.5 Å².